The van der Waals surface area contributed by atoms with Crippen LogP contribution >= 0.6 is 15.9 Å². The number of nitrogens with one attached hydrogen (secondary N) is 1. The molecule has 0 heterocycles. The van der Waals surface area contributed by atoms with Gasteiger partial charge < -0.3 is 11.1 Å². The number of rotatable bonds is 2. The summed E-state index contributed by atoms with van der Waals surface area (Å²) < 4.78 is 13.8. The first-order valence-electron chi connectivity index (χ1n) is 6.01. The van der Waals surface area contributed by atoms with Crippen molar-refractivity contribution in [2.75, 3.05) is 11.1 Å². The first-order valence-corrected chi connectivity index (χ1v) is 6.80. The molecule has 0 bridgehead atoms. The molecule has 0 saturated carbocycles. The van der Waals surface area contributed by atoms with Gasteiger partial charge in [0.05, 0.1) is 0 Å². The molecule has 3 nitrogen and oxygen atoms in total. The number of anilines is 2. The predicted octanol–water partition coefficient (Wildman–Crippen LogP) is 4.04. The number of hydrogen-bond donors (Lipinski definition) is 2. The zero-order chi connectivity index (χ0) is 14.9. The highest BCUT2D eigenvalue weighted by Crippen LogP contribution is 2.24. The molecular weight excluding hydrogens is 323 g/mol. The minimum atomic E-state index is -0.463. The van der Waals surface area contributed by atoms with Crippen molar-refractivity contribution in [3.05, 3.63) is 57.3 Å². The minimum Gasteiger partial charge on any atom is -0.399 e. The summed E-state index contributed by atoms with van der Waals surface area (Å²) in [6, 6.07) is 7.63. The number of nitrogens with two attached hydrogens (primary N) is 1. The lowest BCUT2D eigenvalue weighted by Gasteiger charge is -2.13. The Hall–Kier alpha value is -1.88. The molecule has 0 saturated heterocycles. The highest BCUT2D eigenvalue weighted by Gasteiger charge is 2.12. The van der Waals surface area contributed by atoms with Crippen LogP contribution < -0.4 is 11.1 Å². The average molecular weight is 337 g/mol. The van der Waals surface area contributed by atoms with Crippen molar-refractivity contribution in [3.8, 4) is 0 Å². The largest absolute Gasteiger partial charge is 0.399 e. The van der Waals surface area contributed by atoms with Gasteiger partial charge >= 0.3 is 0 Å². The van der Waals surface area contributed by atoms with Crippen molar-refractivity contribution in [2.45, 2.75) is 13.8 Å². The van der Waals surface area contributed by atoms with Crippen LogP contribution in [0.15, 0.2) is 34.8 Å². The van der Waals surface area contributed by atoms with Crippen molar-refractivity contribution in [2.24, 2.45) is 0 Å². The number of halogens is 2. The molecule has 0 spiro atoms. The number of amides is 1. The molecule has 2 aromatic carbocycles. The first kappa shape index (κ1) is 14.5. The standard InChI is InChI=1S/C15H14BrFN2O/c1-8-3-13(18)4-9(2)14(8)19-15(20)10-5-11(16)7-12(17)6-10/h3-7H,18H2,1-2H3,(H,19,20). The average Bonchev–Trinajstić information content (AvgIpc) is 2.32. The Kier molecular flexibility index (Phi) is 4.09. The summed E-state index contributed by atoms with van der Waals surface area (Å²) in [6.45, 7) is 3.72. The van der Waals surface area contributed by atoms with E-state index in [1.165, 1.54) is 12.1 Å². The number of hydrogen-bond acceptors (Lipinski definition) is 2. The normalized spacial score (nSPS) is 10.4. The van der Waals surface area contributed by atoms with Crippen molar-refractivity contribution < 1.29 is 9.18 Å². The minimum absolute atomic E-state index is 0.257. The van der Waals surface area contributed by atoms with Gasteiger partial charge in [-0.1, -0.05) is 15.9 Å². The Labute approximate surface area is 125 Å². The zero-order valence-electron chi connectivity index (χ0n) is 11.1. The molecule has 0 aromatic heterocycles. The van der Waals surface area contributed by atoms with E-state index < -0.39 is 5.82 Å². The van der Waals surface area contributed by atoms with Crippen LogP contribution in [0.4, 0.5) is 15.8 Å². The molecule has 0 aliphatic heterocycles. The molecule has 104 valence electrons. The van der Waals surface area contributed by atoms with Gasteiger partial charge in [-0.2, -0.15) is 0 Å². The highest BCUT2D eigenvalue weighted by atomic mass is 79.9. The number of aryl methyl sites for hydroxylation is 2. The molecule has 2 aromatic rings. The maximum absolute atomic E-state index is 13.3. The Bertz CT molecular complexity index is 642. The Morgan fingerprint density at radius 1 is 1.15 bits per heavy atom. The van der Waals surface area contributed by atoms with Crippen molar-refractivity contribution in [3.63, 3.8) is 0 Å². The fourth-order valence-electron chi connectivity index (χ4n) is 2.06. The summed E-state index contributed by atoms with van der Waals surface area (Å²) in [7, 11) is 0. The Balaban J connectivity index is 2.32. The third kappa shape index (κ3) is 3.17. The molecule has 3 N–H and O–H groups in total. The summed E-state index contributed by atoms with van der Waals surface area (Å²) in [5, 5.41) is 2.79. The van der Waals surface area contributed by atoms with E-state index in [0.717, 1.165) is 11.1 Å². The monoisotopic (exact) mass is 336 g/mol. The molecule has 20 heavy (non-hydrogen) atoms. The van der Waals surface area contributed by atoms with E-state index >= 15 is 0 Å². The fourth-order valence-corrected chi connectivity index (χ4v) is 2.53. The molecule has 2 rings (SSSR count). The molecular formula is C15H14BrFN2O. The second kappa shape index (κ2) is 5.63. The van der Waals surface area contributed by atoms with Gasteiger partial charge in [0.25, 0.3) is 5.91 Å². The summed E-state index contributed by atoms with van der Waals surface area (Å²) in [6.07, 6.45) is 0. The van der Waals surface area contributed by atoms with Gasteiger partial charge in [-0.3, -0.25) is 4.79 Å². The molecule has 0 fully saturated rings. The van der Waals surface area contributed by atoms with E-state index in [9.17, 15) is 9.18 Å². The van der Waals surface area contributed by atoms with Gasteiger partial charge in [0.2, 0.25) is 0 Å². The van der Waals surface area contributed by atoms with Gasteiger partial charge in [-0.25, -0.2) is 4.39 Å². The highest BCUT2D eigenvalue weighted by molar-refractivity contribution is 9.10. The van der Waals surface area contributed by atoms with Crippen molar-refractivity contribution in [1.29, 1.82) is 0 Å². The molecule has 0 unspecified atom stereocenters. The smallest absolute Gasteiger partial charge is 0.255 e. The van der Waals surface area contributed by atoms with Crippen LogP contribution in [0.3, 0.4) is 0 Å². The van der Waals surface area contributed by atoms with Crippen LogP contribution in [-0.4, -0.2) is 5.91 Å². The van der Waals surface area contributed by atoms with Gasteiger partial charge in [0.1, 0.15) is 5.82 Å². The third-order valence-electron chi connectivity index (χ3n) is 2.92. The van der Waals surface area contributed by atoms with Crippen molar-refractivity contribution >= 4 is 33.2 Å². The van der Waals surface area contributed by atoms with Crippen LogP contribution in [0.25, 0.3) is 0 Å². The van der Waals surface area contributed by atoms with E-state index in [-0.39, 0.29) is 11.5 Å². The van der Waals surface area contributed by atoms with Gasteiger partial charge in [-0.05, 0) is 55.3 Å². The lowest BCUT2D eigenvalue weighted by atomic mass is 10.1. The number of nitrogen functional groups attached to an aromatic ring is 1. The summed E-state index contributed by atoms with van der Waals surface area (Å²) in [5.41, 5.74) is 9.08. The number of carbonyl (C=O) groups is 1. The number of benzene rings is 2. The van der Waals surface area contributed by atoms with Gasteiger partial charge in [0, 0.05) is 21.4 Å². The van der Waals surface area contributed by atoms with Crippen LogP contribution in [0, 0.1) is 19.7 Å². The quantitative estimate of drug-likeness (QED) is 0.813. The van der Waals surface area contributed by atoms with Crippen LogP contribution in [0.2, 0.25) is 0 Å². The predicted molar refractivity (Wildman–Crippen MR) is 82.4 cm³/mol. The molecule has 0 atom stereocenters. The van der Waals surface area contributed by atoms with Crippen LogP contribution in [0.1, 0.15) is 21.5 Å². The molecule has 0 aliphatic rings. The molecule has 0 aliphatic carbocycles. The summed E-state index contributed by atoms with van der Waals surface area (Å²) in [5.74, 6) is -0.823. The fraction of sp³-hybridized carbons (Fsp3) is 0.133. The van der Waals surface area contributed by atoms with E-state index in [0.29, 0.717) is 15.8 Å². The summed E-state index contributed by atoms with van der Waals surface area (Å²) in [4.78, 5) is 12.2. The maximum Gasteiger partial charge on any atom is 0.255 e. The van der Waals surface area contributed by atoms with E-state index in [4.69, 9.17) is 5.73 Å². The lowest BCUT2D eigenvalue weighted by molar-refractivity contribution is 0.102. The molecule has 5 heteroatoms. The van der Waals surface area contributed by atoms with E-state index in [1.807, 2.05) is 13.8 Å². The topological polar surface area (TPSA) is 55.1 Å². The van der Waals surface area contributed by atoms with Gasteiger partial charge in [0.15, 0.2) is 0 Å². The number of carbonyl (C=O) groups excluding carboxylic acids is 1. The Morgan fingerprint density at radius 3 is 2.30 bits per heavy atom. The second-order valence-electron chi connectivity index (χ2n) is 4.64. The Morgan fingerprint density at radius 2 is 1.75 bits per heavy atom. The van der Waals surface area contributed by atoms with Crippen LogP contribution in [-0.2, 0) is 0 Å². The maximum atomic E-state index is 13.3. The molecule has 0 radical (unpaired) electrons. The SMILES string of the molecule is Cc1cc(N)cc(C)c1NC(=O)c1cc(F)cc(Br)c1. The van der Waals surface area contributed by atoms with Crippen molar-refractivity contribution in [1.82, 2.24) is 0 Å². The van der Waals surface area contributed by atoms with Gasteiger partial charge in [-0.15, -0.1) is 0 Å². The zero-order valence-corrected chi connectivity index (χ0v) is 12.7. The van der Waals surface area contributed by atoms with E-state index in [2.05, 4.69) is 21.2 Å². The first-order chi connectivity index (χ1) is 9.36. The molecule has 1 amide bonds. The van der Waals surface area contributed by atoms with Crippen LogP contribution in [0.5, 0.6) is 0 Å². The third-order valence-corrected chi connectivity index (χ3v) is 3.38. The summed E-state index contributed by atoms with van der Waals surface area (Å²) >= 11 is 3.17. The lowest BCUT2D eigenvalue weighted by Crippen LogP contribution is -2.14. The van der Waals surface area contributed by atoms with E-state index in [1.54, 1.807) is 18.2 Å². The second-order valence-corrected chi connectivity index (χ2v) is 5.56.